The van der Waals surface area contributed by atoms with Gasteiger partial charge in [-0.2, -0.15) is 5.26 Å². The van der Waals surface area contributed by atoms with Crippen molar-refractivity contribution in [2.75, 3.05) is 46.7 Å². The number of carbonyl (C=O) groups excluding carboxylic acids is 5. The van der Waals surface area contributed by atoms with Crippen molar-refractivity contribution in [1.29, 1.82) is 5.26 Å². The van der Waals surface area contributed by atoms with Crippen molar-refractivity contribution in [2.45, 2.75) is 37.5 Å². The molecule has 0 spiro atoms. The summed E-state index contributed by atoms with van der Waals surface area (Å²) in [5.41, 5.74) is 4.20. The number of aromatic hydroxyl groups is 1. The van der Waals surface area contributed by atoms with Crippen molar-refractivity contribution in [3.63, 3.8) is 0 Å². The highest BCUT2D eigenvalue weighted by Crippen LogP contribution is 2.52. The first-order chi connectivity index (χ1) is 18.7. The molecule has 0 aromatic heterocycles. The fourth-order valence-corrected chi connectivity index (χ4v) is 6.84. The largest absolute Gasteiger partial charge is 0.507 e. The first kappa shape index (κ1) is 29.3. The fraction of sp³-hybridized carbons (Fsp3) is 0.571. The molecular formula is C28H35N5O7. The Bertz CT molecular complexity index is 1350. The van der Waals surface area contributed by atoms with Crippen LogP contribution < -0.4 is 10.6 Å². The van der Waals surface area contributed by atoms with Gasteiger partial charge in [-0.25, -0.2) is 0 Å². The lowest BCUT2D eigenvalue weighted by molar-refractivity contribution is -0.181. The van der Waals surface area contributed by atoms with Gasteiger partial charge in [-0.1, -0.05) is 0 Å². The SMILES string of the molecule is CN(CCC#N)Cc1cc(N(C)C)c2c(c1O)C(=O)C1C(=O)[C@]3(O)C(=O)C(C(N)=O)C(=O)[C@@H](N(C)C)[C@@H]3C[C@@H]1C2. The summed E-state index contributed by atoms with van der Waals surface area (Å²) in [6.45, 7) is 0.666. The third-order valence-corrected chi connectivity index (χ3v) is 8.64. The minimum atomic E-state index is -2.76. The summed E-state index contributed by atoms with van der Waals surface area (Å²) in [6.07, 6.45) is 0.462. The number of nitrogens with zero attached hydrogens (tertiary/aromatic N) is 4. The molecule has 1 aromatic rings. The number of fused-ring (bicyclic) bond motifs is 3. The van der Waals surface area contributed by atoms with Crippen LogP contribution in [0, 0.1) is 35.0 Å². The molecule has 0 heterocycles. The van der Waals surface area contributed by atoms with Gasteiger partial charge in [0.05, 0.1) is 23.6 Å². The zero-order valence-electron chi connectivity index (χ0n) is 23.3. The first-order valence-electron chi connectivity index (χ1n) is 13.1. The van der Waals surface area contributed by atoms with Crippen molar-refractivity contribution < 1.29 is 34.2 Å². The van der Waals surface area contributed by atoms with E-state index in [1.165, 1.54) is 4.90 Å². The maximum atomic E-state index is 14.0. The molecule has 1 aromatic carbocycles. The van der Waals surface area contributed by atoms with Crippen LogP contribution in [0.25, 0.3) is 0 Å². The van der Waals surface area contributed by atoms with Crippen LogP contribution in [0.2, 0.25) is 0 Å². The Labute approximate surface area is 232 Å². The highest BCUT2D eigenvalue weighted by molar-refractivity contribution is 6.32. The van der Waals surface area contributed by atoms with E-state index in [1.54, 1.807) is 46.2 Å². The molecule has 6 atom stereocenters. The van der Waals surface area contributed by atoms with Gasteiger partial charge in [-0.05, 0) is 51.5 Å². The Morgan fingerprint density at radius 3 is 2.35 bits per heavy atom. The number of phenolic OH excluding ortho intramolecular Hbond substituents is 1. The summed E-state index contributed by atoms with van der Waals surface area (Å²) in [4.78, 5) is 71.9. The number of nitriles is 1. The highest BCUT2D eigenvalue weighted by Gasteiger charge is 2.69. The quantitative estimate of drug-likeness (QED) is 0.362. The molecule has 4 N–H and O–H groups in total. The number of ketones is 4. The molecule has 3 aliphatic carbocycles. The van der Waals surface area contributed by atoms with Gasteiger partial charge >= 0.3 is 0 Å². The van der Waals surface area contributed by atoms with Crippen LogP contribution >= 0.6 is 0 Å². The van der Waals surface area contributed by atoms with Crippen molar-refractivity contribution in [3.8, 4) is 11.8 Å². The molecule has 2 fully saturated rings. The predicted octanol–water partition coefficient (Wildman–Crippen LogP) is -0.722. The third kappa shape index (κ3) is 4.29. The zero-order chi connectivity index (χ0) is 29.8. The van der Waals surface area contributed by atoms with E-state index < -0.39 is 64.4 Å². The molecule has 0 radical (unpaired) electrons. The van der Waals surface area contributed by atoms with Gasteiger partial charge in [0, 0.05) is 50.8 Å². The average molecular weight is 554 g/mol. The van der Waals surface area contributed by atoms with Crippen LogP contribution in [0.4, 0.5) is 5.69 Å². The number of hydrogen-bond acceptors (Lipinski definition) is 11. The van der Waals surface area contributed by atoms with E-state index in [-0.39, 0.29) is 37.1 Å². The molecule has 0 aliphatic heterocycles. The Kier molecular flexibility index (Phi) is 7.62. The highest BCUT2D eigenvalue weighted by atomic mass is 16.3. The molecule has 4 rings (SSSR count). The molecule has 1 amide bonds. The Balaban J connectivity index is 1.85. The second kappa shape index (κ2) is 10.4. The Hall–Kier alpha value is -3.66. The van der Waals surface area contributed by atoms with Gasteiger partial charge < -0.3 is 25.7 Å². The molecule has 2 unspecified atom stereocenters. The molecule has 0 saturated heterocycles. The van der Waals surface area contributed by atoms with Crippen LogP contribution in [-0.2, 0) is 32.1 Å². The minimum absolute atomic E-state index is 0.00379. The van der Waals surface area contributed by atoms with Crippen LogP contribution in [0.3, 0.4) is 0 Å². The van der Waals surface area contributed by atoms with Crippen molar-refractivity contribution in [1.82, 2.24) is 9.80 Å². The lowest BCUT2D eigenvalue weighted by atomic mass is 9.52. The van der Waals surface area contributed by atoms with Gasteiger partial charge in [-0.3, -0.25) is 28.9 Å². The normalized spacial score (nSPS) is 29.6. The van der Waals surface area contributed by atoms with Crippen molar-refractivity contribution in [2.24, 2.45) is 29.4 Å². The summed E-state index contributed by atoms with van der Waals surface area (Å²) in [5.74, 6) is -10.7. The molecular weight excluding hydrogens is 518 g/mol. The summed E-state index contributed by atoms with van der Waals surface area (Å²) >= 11 is 0. The number of Topliss-reactive ketones (excluding diaryl/α,β-unsaturated/α-hetero) is 4. The van der Waals surface area contributed by atoms with Crippen LogP contribution in [0.1, 0.15) is 34.3 Å². The van der Waals surface area contributed by atoms with E-state index in [1.807, 2.05) is 4.90 Å². The van der Waals surface area contributed by atoms with E-state index >= 15 is 0 Å². The van der Waals surface area contributed by atoms with Gasteiger partial charge in [0.1, 0.15) is 5.75 Å². The third-order valence-electron chi connectivity index (χ3n) is 8.64. The monoisotopic (exact) mass is 553 g/mol. The molecule has 3 aliphatic rings. The molecule has 0 bridgehead atoms. The standard InChI is InChI=1S/C28H35N5O7/c1-31(2)17-11-14(12-33(5)8-6-7-29)22(34)19-15(17)9-13-10-16-21(32(3)4)24(36)20(27(30)39)26(38)28(16,40)25(37)18(13)23(19)35/h11,13,16,18,20-21,34,40H,6,8-10,12H2,1-5H3,(H2,30,39)/t13-,16-,18?,20?,21-,28-/m0/s1. The summed E-state index contributed by atoms with van der Waals surface area (Å²) in [5, 5.41) is 31.9. The molecule has 12 nitrogen and oxygen atoms in total. The number of rotatable bonds is 7. The smallest absolute Gasteiger partial charge is 0.235 e. The number of anilines is 1. The molecule has 2 saturated carbocycles. The zero-order valence-corrected chi connectivity index (χ0v) is 23.3. The number of carbonyl (C=O) groups is 5. The van der Waals surface area contributed by atoms with E-state index in [0.29, 0.717) is 23.4 Å². The molecule has 214 valence electrons. The Morgan fingerprint density at radius 2 is 1.80 bits per heavy atom. The second-order valence-electron chi connectivity index (χ2n) is 11.6. The van der Waals surface area contributed by atoms with Crippen LogP contribution in [0.5, 0.6) is 5.75 Å². The van der Waals surface area contributed by atoms with Crippen molar-refractivity contribution in [3.05, 3.63) is 22.8 Å². The van der Waals surface area contributed by atoms with E-state index in [2.05, 4.69) is 6.07 Å². The average Bonchev–Trinajstić information content (AvgIpc) is 2.85. The number of benzene rings is 1. The minimum Gasteiger partial charge on any atom is -0.507 e. The molecule has 12 heteroatoms. The lowest BCUT2D eigenvalue weighted by Crippen LogP contribution is -2.74. The van der Waals surface area contributed by atoms with E-state index in [9.17, 15) is 34.2 Å². The lowest BCUT2D eigenvalue weighted by Gasteiger charge is -2.52. The summed E-state index contributed by atoms with van der Waals surface area (Å²) in [6, 6.07) is 2.70. The van der Waals surface area contributed by atoms with E-state index in [4.69, 9.17) is 11.0 Å². The van der Waals surface area contributed by atoms with Gasteiger partial charge in [0.2, 0.25) is 5.91 Å². The second-order valence-corrected chi connectivity index (χ2v) is 11.6. The summed E-state index contributed by atoms with van der Waals surface area (Å²) in [7, 11) is 8.46. The fourth-order valence-electron chi connectivity index (χ4n) is 6.84. The number of aliphatic hydroxyl groups is 1. The number of phenols is 1. The summed E-state index contributed by atoms with van der Waals surface area (Å²) < 4.78 is 0. The van der Waals surface area contributed by atoms with Crippen molar-refractivity contribution >= 4 is 34.7 Å². The Morgan fingerprint density at radius 1 is 1.15 bits per heavy atom. The molecule has 40 heavy (non-hydrogen) atoms. The number of nitrogens with two attached hydrogens (primary N) is 1. The van der Waals surface area contributed by atoms with Gasteiger partial charge in [0.25, 0.3) is 0 Å². The topological polar surface area (TPSA) is 185 Å². The predicted molar refractivity (Wildman–Crippen MR) is 142 cm³/mol. The maximum Gasteiger partial charge on any atom is 0.235 e. The van der Waals surface area contributed by atoms with E-state index in [0.717, 1.165) is 0 Å². The van der Waals surface area contributed by atoms with Gasteiger partial charge in [-0.15, -0.1) is 0 Å². The van der Waals surface area contributed by atoms with Crippen LogP contribution in [-0.4, -0.2) is 102 Å². The number of amides is 1. The number of likely N-dealkylation sites (N-methyl/N-ethyl adjacent to an activating group) is 1. The first-order valence-corrected chi connectivity index (χ1v) is 13.1. The maximum absolute atomic E-state index is 14.0. The van der Waals surface area contributed by atoms with Gasteiger partial charge in [0.15, 0.2) is 34.7 Å². The number of primary amides is 1. The van der Waals surface area contributed by atoms with Crippen LogP contribution in [0.15, 0.2) is 6.07 Å². The number of hydrogen-bond donors (Lipinski definition) is 3.